The molecule has 38 heavy (non-hydrogen) atoms. The number of nitrogens with one attached hydrogen (secondary N) is 2. The van der Waals surface area contributed by atoms with Crippen LogP contribution >= 0.6 is 7.75 Å². The molecule has 3 N–H and O–H groups in total. The van der Waals surface area contributed by atoms with Crippen LogP contribution in [-0.2, 0) is 23.4 Å². The summed E-state index contributed by atoms with van der Waals surface area (Å²) in [4.78, 5) is 39.0. The van der Waals surface area contributed by atoms with Crippen molar-refractivity contribution in [1.82, 2.24) is 14.6 Å². The Hall–Kier alpha value is -3.02. The molecule has 206 valence electrons. The van der Waals surface area contributed by atoms with E-state index in [9.17, 15) is 24.1 Å². The summed E-state index contributed by atoms with van der Waals surface area (Å²) in [7, 11) is -4.15. The molecule has 2 aliphatic rings. The molecule has 13 heteroatoms. The standard InChI is InChI=1S/C25H32N3O9P/c1-3-7-18-13-28(25(32)26-23(18)30)22-12-20(29)21(36-22)15-35-38(33,37-19-8-5-4-6-9-19)27-16(2)24(31)34-14-17-10-11-17/h3-9,13,16-17,20-22,29H,10-12,14-15H2,1-2H3,(H,27,33)(H,26,30,32)/b7-3+/t16-,20?,21?,22?,38?/m0/s1. The van der Waals surface area contributed by atoms with Crippen molar-refractivity contribution in [2.75, 3.05) is 13.2 Å². The molecule has 2 heterocycles. The van der Waals surface area contributed by atoms with Crippen molar-refractivity contribution in [3.8, 4) is 5.75 Å². The number of aliphatic hydroxyl groups is 1. The van der Waals surface area contributed by atoms with E-state index in [0.717, 1.165) is 12.8 Å². The number of aliphatic hydroxyl groups excluding tert-OH is 1. The largest absolute Gasteiger partial charge is 0.464 e. The number of hydrogen-bond acceptors (Lipinski definition) is 9. The average Bonchev–Trinajstić information content (AvgIpc) is 3.64. The number of esters is 1. The topological polar surface area (TPSA) is 158 Å². The molecule has 0 bridgehead atoms. The molecule has 2 aromatic rings. The first kappa shape index (κ1) is 28.0. The second kappa shape index (κ2) is 12.2. The molecule has 5 atom stereocenters. The van der Waals surface area contributed by atoms with Gasteiger partial charge in [0, 0.05) is 12.6 Å². The summed E-state index contributed by atoms with van der Waals surface area (Å²) < 4.78 is 37.2. The normalized spacial score (nSPS) is 23.7. The molecule has 0 spiro atoms. The first-order valence-corrected chi connectivity index (χ1v) is 14.0. The van der Waals surface area contributed by atoms with E-state index in [1.807, 2.05) is 0 Å². The predicted molar refractivity (Wildman–Crippen MR) is 137 cm³/mol. The van der Waals surface area contributed by atoms with Gasteiger partial charge >= 0.3 is 19.4 Å². The van der Waals surface area contributed by atoms with Gasteiger partial charge in [0.1, 0.15) is 24.1 Å². The number of para-hydroxylation sites is 1. The third kappa shape index (κ3) is 7.30. The van der Waals surface area contributed by atoms with Crippen LogP contribution in [0.3, 0.4) is 0 Å². The number of rotatable bonds is 12. The van der Waals surface area contributed by atoms with E-state index in [1.54, 1.807) is 49.4 Å². The van der Waals surface area contributed by atoms with E-state index >= 15 is 0 Å². The number of carbonyl (C=O) groups excluding carboxylic acids is 1. The van der Waals surface area contributed by atoms with Crippen molar-refractivity contribution in [3.05, 3.63) is 69.0 Å². The lowest BCUT2D eigenvalue weighted by Gasteiger charge is -2.24. The zero-order valence-electron chi connectivity index (χ0n) is 21.1. The lowest BCUT2D eigenvalue weighted by molar-refractivity contribution is -0.145. The Bertz CT molecular complexity index is 1310. The summed E-state index contributed by atoms with van der Waals surface area (Å²) in [6, 6.07) is 7.28. The fourth-order valence-corrected chi connectivity index (χ4v) is 5.33. The van der Waals surface area contributed by atoms with Crippen LogP contribution in [0.4, 0.5) is 0 Å². The molecule has 1 saturated heterocycles. The molecule has 1 aliphatic heterocycles. The molecular formula is C25H32N3O9P. The zero-order chi connectivity index (χ0) is 27.3. The number of nitrogens with zero attached hydrogens (tertiary/aromatic N) is 1. The van der Waals surface area contributed by atoms with Crippen LogP contribution in [0.15, 0.2) is 52.2 Å². The van der Waals surface area contributed by atoms with Gasteiger partial charge in [0.05, 0.1) is 24.9 Å². The monoisotopic (exact) mass is 549 g/mol. The van der Waals surface area contributed by atoms with E-state index in [4.69, 9.17) is 18.5 Å². The minimum atomic E-state index is -4.15. The van der Waals surface area contributed by atoms with Crippen molar-refractivity contribution in [2.45, 2.75) is 57.6 Å². The Labute approximate surface area is 219 Å². The van der Waals surface area contributed by atoms with E-state index in [0.29, 0.717) is 12.5 Å². The smallest absolute Gasteiger partial charge is 0.459 e. The zero-order valence-corrected chi connectivity index (χ0v) is 22.0. The second-order valence-corrected chi connectivity index (χ2v) is 11.0. The van der Waals surface area contributed by atoms with Crippen LogP contribution in [-0.4, -0.2) is 52.1 Å². The third-order valence-corrected chi connectivity index (χ3v) is 7.74. The SMILES string of the molecule is C/C=C/c1cn(C2CC(O)C(COP(=O)(N[C@@H](C)C(=O)OCC3CC3)Oc3ccccc3)O2)c(=O)[nH]c1=O. The van der Waals surface area contributed by atoms with Crippen LogP contribution in [0.25, 0.3) is 6.08 Å². The molecule has 1 aromatic carbocycles. The van der Waals surface area contributed by atoms with Gasteiger partial charge in [0.2, 0.25) is 0 Å². The Morgan fingerprint density at radius 2 is 2.03 bits per heavy atom. The number of benzene rings is 1. The Morgan fingerprint density at radius 1 is 1.29 bits per heavy atom. The number of carbonyl (C=O) groups is 1. The first-order chi connectivity index (χ1) is 18.2. The van der Waals surface area contributed by atoms with E-state index in [1.165, 1.54) is 17.7 Å². The number of ether oxygens (including phenoxy) is 2. The van der Waals surface area contributed by atoms with Crippen molar-refractivity contribution >= 4 is 19.8 Å². The van der Waals surface area contributed by atoms with E-state index < -0.39 is 49.4 Å². The van der Waals surface area contributed by atoms with Gasteiger partial charge in [-0.3, -0.25) is 23.7 Å². The van der Waals surface area contributed by atoms with Gasteiger partial charge in [0.25, 0.3) is 5.56 Å². The van der Waals surface area contributed by atoms with E-state index in [-0.39, 0.29) is 24.3 Å². The van der Waals surface area contributed by atoms with Crippen LogP contribution in [0.1, 0.15) is 44.9 Å². The molecule has 1 aliphatic carbocycles. The summed E-state index contributed by atoms with van der Waals surface area (Å²) >= 11 is 0. The molecule has 0 radical (unpaired) electrons. The fraction of sp³-hybridized carbons (Fsp3) is 0.480. The number of aromatic nitrogens is 2. The minimum Gasteiger partial charge on any atom is -0.464 e. The Morgan fingerprint density at radius 3 is 2.71 bits per heavy atom. The molecule has 2 fully saturated rings. The lowest BCUT2D eigenvalue weighted by atomic mass is 10.2. The Kier molecular flexibility index (Phi) is 9.01. The molecule has 4 unspecified atom stereocenters. The number of allylic oxidation sites excluding steroid dienone is 1. The minimum absolute atomic E-state index is 0.0242. The van der Waals surface area contributed by atoms with Gasteiger partial charge in [-0.05, 0) is 44.7 Å². The van der Waals surface area contributed by atoms with Crippen LogP contribution in [0, 0.1) is 5.92 Å². The highest BCUT2D eigenvalue weighted by Gasteiger charge is 2.39. The molecule has 1 saturated carbocycles. The maximum Gasteiger partial charge on any atom is 0.459 e. The highest BCUT2D eigenvalue weighted by molar-refractivity contribution is 7.52. The highest BCUT2D eigenvalue weighted by atomic mass is 31.2. The average molecular weight is 550 g/mol. The van der Waals surface area contributed by atoms with Gasteiger partial charge in [-0.1, -0.05) is 30.4 Å². The molecule has 4 rings (SSSR count). The number of hydrogen-bond donors (Lipinski definition) is 3. The maximum absolute atomic E-state index is 13.7. The highest BCUT2D eigenvalue weighted by Crippen LogP contribution is 2.46. The van der Waals surface area contributed by atoms with Crippen molar-refractivity contribution in [2.24, 2.45) is 5.92 Å². The van der Waals surface area contributed by atoms with Crippen LogP contribution < -0.4 is 20.9 Å². The van der Waals surface area contributed by atoms with Crippen molar-refractivity contribution in [1.29, 1.82) is 0 Å². The van der Waals surface area contributed by atoms with Gasteiger partial charge in [-0.25, -0.2) is 9.36 Å². The lowest BCUT2D eigenvalue weighted by Crippen LogP contribution is -2.36. The summed E-state index contributed by atoms with van der Waals surface area (Å²) in [6.45, 7) is 3.15. The van der Waals surface area contributed by atoms with E-state index in [2.05, 4.69) is 10.1 Å². The summed E-state index contributed by atoms with van der Waals surface area (Å²) in [6.07, 6.45) is 3.65. The molecular weight excluding hydrogens is 517 g/mol. The third-order valence-electron chi connectivity index (χ3n) is 6.10. The van der Waals surface area contributed by atoms with Gasteiger partial charge in [0.15, 0.2) is 0 Å². The van der Waals surface area contributed by atoms with Crippen molar-refractivity contribution in [3.63, 3.8) is 0 Å². The molecule has 0 amide bonds. The van der Waals surface area contributed by atoms with Crippen LogP contribution in [0.5, 0.6) is 5.75 Å². The maximum atomic E-state index is 13.7. The second-order valence-electron chi connectivity index (χ2n) is 9.30. The molecule has 12 nitrogen and oxygen atoms in total. The number of aromatic amines is 1. The van der Waals surface area contributed by atoms with Gasteiger partial charge in [-0.15, -0.1) is 0 Å². The number of H-pyrrole nitrogens is 1. The van der Waals surface area contributed by atoms with Gasteiger partial charge in [-0.2, -0.15) is 5.09 Å². The quantitative estimate of drug-likeness (QED) is 0.265. The fourth-order valence-electron chi connectivity index (χ4n) is 3.83. The predicted octanol–water partition coefficient (Wildman–Crippen LogP) is 2.35. The van der Waals surface area contributed by atoms with Crippen molar-refractivity contribution < 1.29 is 33.0 Å². The summed E-state index contributed by atoms with van der Waals surface area (Å²) in [5.74, 6) is 0.0145. The van der Waals surface area contributed by atoms with Gasteiger partial charge < -0.3 is 19.1 Å². The summed E-state index contributed by atoms with van der Waals surface area (Å²) in [5, 5.41) is 13.2. The summed E-state index contributed by atoms with van der Waals surface area (Å²) in [5.41, 5.74) is -0.990. The van der Waals surface area contributed by atoms with Crippen LogP contribution in [0.2, 0.25) is 0 Å². The molecule has 1 aromatic heterocycles. The first-order valence-electron chi connectivity index (χ1n) is 12.4. The Balaban J connectivity index is 1.45.